The van der Waals surface area contributed by atoms with Crippen LogP contribution in [-0.4, -0.2) is 28.6 Å². The monoisotopic (exact) mass is 351 g/mol. The Morgan fingerprint density at radius 2 is 1.80 bits per heavy atom. The van der Waals surface area contributed by atoms with Gasteiger partial charge in [0.25, 0.3) is 5.22 Å². The van der Waals surface area contributed by atoms with Crippen LogP contribution in [0.5, 0.6) is 5.75 Å². The van der Waals surface area contributed by atoms with Crippen LogP contribution in [0.1, 0.15) is 0 Å². The number of nitrogens with zero attached hydrogens (tertiary/aromatic N) is 1. The molecule has 0 saturated heterocycles. The van der Waals surface area contributed by atoms with E-state index < -0.39 is 6.10 Å². The van der Waals surface area contributed by atoms with Crippen LogP contribution in [0.15, 0.2) is 76.4 Å². The summed E-state index contributed by atoms with van der Waals surface area (Å²) in [5.41, 5.74) is 1.58. The van der Waals surface area contributed by atoms with Gasteiger partial charge >= 0.3 is 0 Å². The third kappa shape index (κ3) is 3.62. The van der Waals surface area contributed by atoms with Crippen LogP contribution < -0.4 is 4.74 Å². The number of aromatic nitrogens is 1. The lowest BCUT2D eigenvalue weighted by Gasteiger charge is -2.13. The maximum Gasteiger partial charge on any atom is 0.256 e. The van der Waals surface area contributed by atoms with Crippen LogP contribution in [0.2, 0.25) is 0 Å². The van der Waals surface area contributed by atoms with E-state index in [9.17, 15) is 5.11 Å². The number of benzene rings is 3. The normalized spacial score (nSPS) is 12.5. The molecular formula is C20H17NO3S. The first kappa shape index (κ1) is 16.0. The van der Waals surface area contributed by atoms with Gasteiger partial charge < -0.3 is 14.3 Å². The highest BCUT2D eigenvalue weighted by atomic mass is 32.2. The van der Waals surface area contributed by atoms with Crippen LogP contribution in [0.3, 0.4) is 0 Å². The number of thioether (sulfide) groups is 1. The van der Waals surface area contributed by atoms with Gasteiger partial charge in [-0.05, 0) is 23.6 Å². The van der Waals surface area contributed by atoms with E-state index >= 15 is 0 Å². The minimum absolute atomic E-state index is 0.223. The number of rotatable bonds is 6. The summed E-state index contributed by atoms with van der Waals surface area (Å²) < 4.78 is 11.5. The molecule has 1 N–H and O–H groups in total. The minimum atomic E-state index is -0.612. The van der Waals surface area contributed by atoms with Crippen molar-refractivity contribution in [3.63, 3.8) is 0 Å². The van der Waals surface area contributed by atoms with Crippen LogP contribution in [0.25, 0.3) is 21.9 Å². The first-order chi connectivity index (χ1) is 12.3. The smallest absolute Gasteiger partial charge is 0.256 e. The van der Waals surface area contributed by atoms with Crippen molar-refractivity contribution in [1.82, 2.24) is 4.98 Å². The van der Waals surface area contributed by atoms with Gasteiger partial charge in [0.05, 0.1) is 6.10 Å². The molecule has 0 fully saturated rings. The van der Waals surface area contributed by atoms with Crippen molar-refractivity contribution in [2.45, 2.75) is 11.3 Å². The molecule has 0 aliphatic rings. The van der Waals surface area contributed by atoms with E-state index in [2.05, 4.69) is 4.98 Å². The third-order valence-corrected chi connectivity index (χ3v) is 4.83. The summed E-state index contributed by atoms with van der Waals surface area (Å²) in [6, 6.07) is 21.6. The molecule has 5 heteroatoms. The quantitative estimate of drug-likeness (QED) is 0.518. The lowest BCUT2D eigenvalue weighted by Crippen LogP contribution is -2.20. The molecule has 4 nitrogen and oxygen atoms in total. The molecule has 3 aromatic carbocycles. The van der Waals surface area contributed by atoms with E-state index in [1.165, 1.54) is 11.8 Å². The fourth-order valence-corrected chi connectivity index (χ4v) is 3.38. The summed E-state index contributed by atoms with van der Waals surface area (Å²) in [7, 11) is 0. The largest absolute Gasteiger partial charge is 0.490 e. The molecule has 0 amide bonds. The second-order valence-electron chi connectivity index (χ2n) is 5.70. The van der Waals surface area contributed by atoms with Gasteiger partial charge in [0.1, 0.15) is 17.9 Å². The number of para-hydroxylation sites is 2. The van der Waals surface area contributed by atoms with Crippen molar-refractivity contribution in [2.75, 3.05) is 12.4 Å². The molecule has 126 valence electrons. The van der Waals surface area contributed by atoms with Crippen molar-refractivity contribution in [3.8, 4) is 5.75 Å². The Morgan fingerprint density at radius 3 is 2.72 bits per heavy atom. The Labute approximate surface area is 149 Å². The summed E-state index contributed by atoms with van der Waals surface area (Å²) in [5, 5.41) is 12.9. The van der Waals surface area contributed by atoms with Gasteiger partial charge in [-0.15, -0.1) is 0 Å². The van der Waals surface area contributed by atoms with Gasteiger partial charge in [-0.3, -0.25) is 0 Å². The highest BCUT2D eigenvalue weighted by molar-refractivity contribution is 7.99. The zero-order valence-electron chi connectivity index (χ0n) is 13.5. The number of aliphatic hydroxyl groups is 1. The van der Waals surface area contributed by atoms with Gasteiger partial charge in [-0.2, -0.15) is 0 Å². The van der Waals surface area contributed by atoms with Crippen LogP contribution in [0, 0.1) is 0 Å². The average molecular weight is 351 g/mol. The van der Waals surface area contributed by atoms with E-state index in [0.29, 0.717) is 11.0 Å². The van der Waals surface area contributed by atoms with Gasteiger partial charge in [-0.25, -0.2) is 4.98 Å². The van der Waals surface area contributed by atoms with E-state index in [4.69, 9.17) is 9.15 Å². The van der Waals surface area contributed by atoms with Crippen molar-refractivity contribution in [3.05, 3.63) is 66.7 Å². The van der Waals surface area contributed by atoms with Crippen LogP contribution in [0.4, 0.5) is 0 Å². The maximum atomic E-state index is 10.2. The van der Waals surface area contributed by atoms with E-state index in [1.807, 2.05) is 66.7 Å². The SMILES string of the molecule is O[C@@H](COc1cccc2ccccc12)CSc1nc2ccccc2o1. The highest BCUT2D eigenvalue weighted by Gasteiger charge is 2.11. The van der Waals surface area contributed by atoms with Gasteiger partial charge in [0.2, 0.25) is 0 Å². The Balaban J connectivity index is 1.36. The molecule has 1 heterocycles. The molecule has 1 atom stereocenters. The summed E-state index contributed by atoms with van der Waals surface area (Å²) in [6.07, 6.45) is -0.612. The van der Waals surface area contributed by atoms with E-state index in [-0.39, 0.29) is 6.61 Å². The zero-order chi connectivity index (χ0) is 17.1. The molecule has 0 bridgehead atoms. The predicted octanol–water partition coefficient (Wildman–Crippen LogP) is 4.51. The fraction of sp³-hybridized carbons (Fsp3) is 0.150. The lowest BCUT2D eigenvalue weighted by molar-refractivity contribution is 0.127. The van der Waals surface area contributed by atoms with Crippen molar-refractivity contribution in [2.24, 2.45) is 0 Å². The standard InChI is InChI=1S/C20H17NO3S/c22-15(13-25-20-21-17-9-3-4-10-19(17)24-20)12-23-18-11-5-7-14-6-1-2-8-16(14)18/h1-11,15,22H,12-13H2/t15-/m0/s1. The molecular weight excluding hydrogens is 334 g/mol. The number of aliphatic hydroxyl groups excluding tert-OH is 1. The van der Waals surface area contributed by atoms with Gasteiger partial charge in [0.15, 0.2) is 5.58 Å². The Bertz CT molecular complexity index is 960. The molecule has 0 aliphatic carbocycles. The van der Waals surface area contributed by atoms with E-state index in [0.717, 1.165) is 27.6 Å². The Hall–Kier alpha value is -2.50. The van der Waals surface area contributed by atoms with Crippen LogP contribution in [-0.2, 0) is 0 Å². The molecule has 25 heavy (non-hydrogen) atoms. The zero-order valence-corrected chi connectivity index (χ0v) is 14.3. The Morgan fingerprint density at radius 1 is 1.00 bits per heavy atom. The minimum Gasteiger partial charge on any atom is -0.490 e. The second kappa shape index (κ2) is 7.17. The topological polar surface area (TPSA) is 55.5 Å². The third-order valence-electron chi connectivity index (χ3n) is 3.85. The number of hydrogen-bond acceptors (Lipinski definition) is 5. The van der Waals surface area contributed by atoms with E-state index in [1.54, 1.807) is 0 Å². The number of ether oxygens (including phenoxy) is 1. The Kier molecular flexibility index (Phi) is 4.59. The first-order valence-electron chi connectivity index (χ1n) is 8.06. The lowest BCUT2D eigenvalue weighted by atomic mass is 10.1. The van der Waals surface area contributed by atoms with Crippen molar-refractivity contribution < 1.29 is 14.3 Å². The molecule has 1 aromatic heterocycles. The fourth-order valence-electron chi connectivity index (χ4n) is 2.64. The number of hydrogen-bond donors (Lipinski definition) is 1. The van der Waals surface area contributed by atoms with Gasteiger partial charge in [-0.1, -0.05) is 60.3 Å². The second-order valence-corrected chi connectivity index (χ2v) is 6.67. The molecule has 4 rings (SSSR count). The first-order valence-corrected chi connectivity index (χ1v) is 9.05. The van der Waals surface area contributed by atoms with Crippen LogP contribution >= 0.6 is 11.8 Å². The molecule has 4 aromatic rings. The van der Waals surface area contributed by atoms with Crippen molar-refractivity contribution in [1.29, 1.82) is 0 Å². The van der Waals surface area contributed by atoms with Crippen molar-refractivity contribution >= 4 is 33.6 Å². The molecule has 0 spiro atoms. The number of oxazole rings is 1. The maximum absolute atomic E-state index is 10.2. The molecule has 0 saturated carbocycles. The molecule has 0 unspecified atom stereocenters. The molecule has 0 aliphatic heterocycles. The predicted molar refractivity (Wildman–Crippen MR) is 100 cm³/mol. The summed E-state index contributed by atoms with van der Waals surface area (Å²) in [6.45, 7) is 0.223. The highest BCUT2D eigenvalue weighted by Crippen LogP contribution is 2.26. The van der Waals surface area contributed by atoms with Gasteiger partial charge in [0, 0.05) is 11.1 Å². The summed E-state index contributed by atoms with van der Waals surface area (Å²) in [5.74, 6) is 1.24. The molecule has 0 radical (unpaired) electrons. The number of fused-ring (bicyclic) bond motifs is 2. The summed E-state index contributed by atoms with van der Waals surface area (Å²) >= 11 is 1.39. The average Bonchev–Trinajstić information content (AvgIpc) is 3.07. The summed E-state index contributed by atoms with van der Waals surface area (Å²) in [4.78, 5) is 4.39.